The summed E-state index contributed by atoms with van der Waals surface area (Å²) in [5.74, 6) is 0.856. The lowest BCUT2D eigenvalue weighted by molar-refractivity contribution is 0.104. The Bertz CT molecular complexity index is 892. The average molecular weight is 360 g/mol. The summed E-state index contributed by atoms with van der Waals surface area (Å²) in [6, 6.07) is 23.8. The fourth-order valence-electron chi connectivity index (χ4n) is 2.59. The van der Waals surface area contributed by atoms with Crippen LogP contribution in [0.25, 0.3) is 17.2 Å². The van der Waals surface area contributed by atoms with Crippen LogP contribution in [-0.4, -0.2) is 19.1 Å². The van der Waals surface area contributed by atoms with Gasteiger partial charge in [0.1, 0.15) is 5.75 Å². The highest BCUT2D eigenvalue weighted by molar-refractivity contribution is 7.98. The van der Waals surface area contributed by atoms with Gasteiger partial charge in [-0.1, -0.05) is 42.5 Å². The third-order valence-corrected chi connectivity index (χ3v) is 4.88. The first-order valence-electron chi connectivity index (χ1n) is 8.30. The minimum atomic E-state index is 0.0110. The van der Waals surface area contributed by atoms with Crippen LogP contribution in [0.3, 0.4) is 0 Å². The van der Waals surface area contributed by atoms with Crippen LogP contribution in [0.4, 0.5) is 0 Å². The maximum Gasteiger partial charge on any atom is 0.185 e. The van der Waals surface area contributed by atoms with Crippen LogP contribution in [-0.2, 0) is 0 Å². The van der Waals surface area contributed by atoms with E-state index in [9.17, 15) is 4.79 Å². The Morgan fingerprint density at radius 1 is 0.846 bits per heavy atom. The van der Waals surface area contributed by atoms with Crippen LogP contribution < -0.4 is 4.74 Å². The molecule has 0 aliphatic carbocycles. The molecule has 0 amide bonds. The van der Waals surface area contributed by atoms with Crippen molar-refractivity contribution in [2.75, 3.05) is 13.4 Å². The lowest BCUT2D eigenvalue weighted by Gasteiger charge is -2.04. The standard InChI is InChI=1S/C23H20O2S/c1-25-21-12-8-19(9-13-21)18-6-3-17(4-7-18)5-16-23(24)20-10-14-22(26-2)15-11-20/h3-16H,1-2H3/b16-5+. The number of hydrogen-bond donors (Lipinski definition) is 0. The van der Waals surface area contributed by atoms with Gasteiger partial charge in [0.15, 0.2) is 5.78 Å². The van der Waals surface area contributed by atoms with E-state index < -0.39 is 0 Å². The lowest BCUT2D eigenvalue weighted by Crippen LogP contribution is -1.93. The van der Waals surface area contributed by atoms with Crippen molar-refractivity contribution in [2.45, 2.75) is 4.90 Å². The Morgan fingerprint density at radius 3 is 1.96 bits per heavy atom. The molecule has 3 heteroatoms. The number of ether oxygens (including phenoxy) is 1. The van der Waals surface area contributed by atoms with E-state index in [2.05, 4.69) is 12.1 Å². The van der Waals surface area contributed by atoms with E-state index in [0.29, 0.717) is 5.56 Å². The summed E-state index contributed by atoms with van der Waals surface area (Å²) in [6.45, 7) is 0. The molecule has 2 nitrogen and oxygen atoms in total. The first kappa shape index (κ1) is 18.0. The number of thioether (sulfide) groups is 1. The molecule has 26 heavy (non-hydrogen) atoms. The summed E-state index contributed by atoms with van der Waals surface area (Å²) in [5.41, 5.74) is 3.96. The smallest absolute Gasteiger partial charge is 0.185 e. The first-order valence-corrected chi connectivity index (χ1v) is 9.53. The van der Waals surface area contributed by atoms with Crippen molar-refractivity contribution < 1.29 is 9.53 Å². The van der Waals surface area contributed by atoms with Gasteiger partial charge in [-0.25, -0.2) is 0 Å². The van der Waals surface area contributed by atoms with Gasteiger partial charge in [-0.3, -0.25) is 4.79 Å². The second kappa shape index (κ2) is 8.54. The van der Waals surface area contributed by atoms with Gasteiger partial charge in [-0.2, -0.15) is 0 Å². The van der Waals surface area contributed by atoms with Crippen LogP contribution >= 0.6 is 11.8 Å². The molecule has 130 valence electrons. The molecule has 0 fully saturated rings. The van der Waals surface area contributed by atoms with Gasteiger partial charge in [0.25, 0.3) is 0 Å². The average Bonchev–Trinajstić information content (AvgIpc) is 2.72. The summed E-state index contributed by atoms with van der Waals surface area (Å²) in [5, 5.41) is 0. The minimum absolute atomic E-state index is 0.0110. The Kier molecular flexibility index (Phi) is 5.92. The highest BCUT2D eigenvalue weighted by Gasteiger charge is 2.02. The van der Waals surface area contributed by atoms with Crippen LogP contribution in [0.2, 0.25) is 0 Å². The molecule has 3 rings (SSSR count). The monoisotopic (exact) mass is 360 g/mol. The molecule has 0 saturated heterocycles. The summed E-state index contributed by atoms with van der Waals surface area (Å²) in [7, 11) is 1.66. The highest BCUT2D eigenvalue weighted by Crippen LogP contribution is 2.23. The second-order valence-corrected chi connectivity index (χ2v) is 6.66. The van der Waals surface area contributed by atoms with Crippen LogP contribution in [0.15, 0.2) is 83.8 Å². The summed E-state index contributed by atoms with van der Waals surface area (Å²) in [4.78, 5) is 13.4. The van der Waals surface area contributed by atoms with E-state index in [4.69, 9.17) is 4.74 Å². The number of hydrogen-bond acceptors (Lipinski definition) is 3. The molecule has 0 atom stereocenters. The van der Waals surface area contributed by atoms with E-state index in [1.807, 2.05) is 73.0 Å². The molecule has 3 aromatic rings. The molecule has 0 unspecified atom stereocenters. The molecular formula is C23H20O2S. The van der Waals surface area contributed by atoms with Crippen molar-refractivity contribution in [3.63, 3.8) is 0 Å². The minimum Gasteiger partial charge on any atom is -0.497 e. The Balaban J connectivity index is 1.69. The summed E-state index contributed by atoms with van der Waals surface area (Å²) < 4.78 is 5.19. The Hall–Kier alpha value is -2.78. The van der Waals surface area contributed by atoms with E-state index in [-0.39, 0.29) is 5.78 Å². The van der Waals surface area contributed by atoms with E-state index in [1.165, 1.54) is 0 Å². The number of rotatable bonds is 6. The summed E-state index contributed by atoms with van der Waals surface area (Å²) in [6.07, 6.45) is 5.49. The van der Waals surface area contributed by atoms with Gasteiger partial charge < -0.3 is 4.74 Å². The summed E-state index contributed by atoms with van der Waals surface area (Å²) >= 11 is 1.66. The molecule has 0 heterocycles. The van der Waals surface area contributed by atoms with Crippen LogP contribution in [0.5, 0.6) is 5.75 Å². The van der Waals surface area contributed by atoms with E-state index in [0.717, 1.165) is 27.3 Å². The van der Waals surface area contributed by atoms with Gasteiger partial charge >= 0.3 is 0 Å². The van der Waals surface area contributed by atoms with Gasteiger partial charge in [-0.05, 0) is 65.4 Å². The topological polar surface area (TPSA) is 26.3 Å². The third-order valence-electron chi connectivity index (χ3n) is 4.14. The molecule has 0 aliphatic heterocycles. The SMILES string of the molecule is COc1ccc(-c2ccc(/C=C/C(=O)c3ccc(SC)cc3)cc2)cc1. The third kappa shape index (κ3) is 4.44. The quantitative estimate of drug-likeness (QED) is 0.307. The van der Waals surface area contributed by atoms with E-state index >= 15 is 0 Å². The predicted molar refractivity (Wildman–Crippen MR) is 110 cm³/mol. The largest absolute Gasteiger partial charge is 0.497 e. The zero-order chi connectivity index (χ0) is 18.4. The van der Waals surface area contributed by atoms with Crippen molar-refractivity contribution >= 4 is 23.6 Å². The number of benzene rings is 3. The number of carbonyl (C=O) groups is 1. The van der Waals surface area contributed by atoms with Gasteiger partial charge in [0, 0.05) is 10.5 Å². The van der Waals surface area contributed by atoms with Crippen molar-refractivity contribution in [1.29, 1.82) is 0 Å². The molecule has 0 N–H and O–H groups in total. The predicted octanol–water partition coefficient (Wildman–Crippen LogP) is 5.98. The fourth-order valence-corrected chi connectivity index (χ4v) is 3.00. The van der Waals surface area contributed by atoms with Gasteiger partial charge in [0.2, 0.25) is 0 Å². The van der Waals surface area contributed by atoms with Gasteiger partial charge in [0.05, 0.1) is 7.11 Å². The van der Waals surface area contributed by atoms with Crippen molar-refractivity contribution in [3.05, 3.63) is 90.0 Å². The van der Waals surface area contributed by atoms with Crippen molar-refractivity contribution in [1.82, 2.24) is 0 Å². The lowest BCUT2D eigenvalue weighted by atomic mass is 10.0. The molecule has 0 aromatic heterocycles. The molecule has 0 bridgehead atoms. The highest BCUT2D eigenvalue weighted by atomic mass is 32.2. The normalized spacial score (nSPS) is 10.8. The molecule has 0 saturated carbocycles. The van der Waals surface area contributed by atoms with Crippen molar-refractivity contribution in [2.24, 2.45) is 0 Å². The van der Waals surface area contributed by atoms with Crippen molar-refractivity contribution in [3.8, 4) is 16.9 Å². The second-order valence-electron chi connectivity index (χ2n) is 5.78. The molecule has 3 aromatic carbocycles. The fraction of sp³-hybridized carbons (Fsp3) is 0.0870. The van der Waals surface area contributed by atoms with Gasteiger partial charge in [-0.15, -0.1) is 11.8 Å². The maximum absolute atomic E-state index is 12.3. The van der Waals surface area contributed by atoms with Crippen LogP contribution in [0, 0.1) is 0 Å². The Morgan fingerprint density at radius 2 is 1.42 bits per heavy atom. The molecular weight excluding hydrogens is 340 g/mol. The van der Waals surface area contributed by atoms with Crippen LogP contribution in [0.1, 0.15) is 15.9 Å². The molecule has 0 spiro atoms. The molecule has 0 aliphatic rings. The number of ketones is 1. The zero-order valence-corrected chi connectivity index (χ0v) is 15.6. The first-order chi connectivity index (χ1) is 12.7. The van der Waals surface area contributed by atoms with E-state index in [1.54, 1.807) is 24.9 Å². The number of carbonyl (C=O) groups excluding carboxylic acids is 1. The number of allylic oxidation sites excluding steroid dienone is 1. The number of methoxy groups -OCH3 is 1. The maximum atomic E-state index is 12.3. The zero-order valence-electron chi connectivity index (χ0n) is 14.8. The molecule has 0 radical (unpaired) electrons. The Labute approximate surface area is 158 Å².